The van der Waals surface area contributed by atoms with Crippen molar-refractivity contribution in [1.29, 1.82) is 0 Å². The molecule has 0 saturated heterocycles. The van der Waals surface area contributed by atoms with Gasteiger partial charge in [0.1, 0.15) is 10.8 Å². The highest BCUT2D eigenvalue weighted by Gasteiger charge is 2.17. The monoisotopic (exact) mass is 461 g/mol. The van der Waals surface area contributed by atoms with E-state index in [9.17, 15) is 4.79 Å². The van der Waals surface area contributed by atoms with Gasteiger partial charge in [-0.1, -0.05) is 35.5 Å². The topological polar surface area (TPSA) is 85.8 Å². The summed E-state index contributed by atoms with van der Waals surface area (Å²) < 4.78 is 7.23. The van der Waals surface area contributed by atoms with E-state index in [0.29, 0.717) is 29.4 Å². The summed E-state index contributed by atoms with van der Waals surface area (Å²) in [5, 5.41) is 12.4. The fraction of sp³-hybridized carbons (Fsp3) is 0.280. The van der Waals surface area contributed by atoms with Gasteiger partial charge in [0.05, 0.1) is 23.5 Å². The van der Waals surface area contributed by atoms with E-state index < -0.39 is 0 Å². The first-order valence-electron chi connectivity index (χ1n) is 10.8. The number of hydrogen-bond donors (Lipinski definition) is 1. The van der Waals surface area contributed by atoms with Crippen LogP contribution >= 0.6 is 11.8 Å². The van der Waals surface area contributed by atoms with Crippen LogP contribution in [0.3, 0.4) is 0 Å². The summed E-state index contributed by atoms with van der Waals surface area (Å²) in [5.41, 5.74) is 6.65. The minimum atomic E-state index is -0.154. The van der Waals surface area contributed by atoms with Crippen LogP contribution in [0.5, 0.6) is 0 Å². The van der Waals surface area contributed by atoms with E-state index in [4.69, 9.17) is 4.52 Å². The Balaban J connectivity index is 1.44. The molecule has 170 valence electrons. The van der Waals surface area contributed by atoms with Crippen LogP contribution < -0.4 is 5.32 Å². The Hall–Kier alpha value is -3.39. The second-order valence-corrected chi connectivity index (χ2v) is 8.89. The molecule has 0 aliphatic carbocycles. The van der Waals surface area contributed by atoms with Crippen molar-refractivity contribution in [3.05, 3.63) is 93.8 Å². The second kappa shape index (κ2) is 10.0. The molecular formula is C25H27N5O2S. The lowest BCUT2D eigenvalue weighted by Crippen LogP contribution is -2.24. The fourth-order valence-corrected chi connectivity index (χ4v) is 4.84. The van der Waals surface area contributed by atoms with Crippen molar-refractivity contribution < 1.29 is 9.32 Å². The smallest absolute Gasteiger partial charge is 0.254 e. The molecule has 0 unspecified atom stereocenters. The van der Waals surface area contributed by atoms with Crippen LogP contribution in [0.15, 0.2) is 58.2 Å². The van der Waals surface area contributed by atoms with Crippen LogP contribution in [0.25, 0.3) is 0 Å². The standard InChI is InChI=1S/C25H27N5O2S/c1-16-22(18(3)30(28-16)14-20-9-6-5-7-10-20)13-27-24(31)21-11-8-12-26-25(21)33-15-23-17(2)29-32-19(23)4/h5-12H,13-15H2,1-4H3,(H,27,31). The Morgan fingerprint density at radius 2 is 1.82 bits per heavy atom. The van der Waals surface area contributed by atoms with E-state index in [0.717, 1.165) is 34.0 Å². The molecule has 1 amide bonds. The third kappa shape index (κ3) is 5.17. The molecule has 0 spiro atoms. The van der Waals surface area contributed by atoms with E-state index in [1.54, 1.807) is 18.3 Å². The van der Waals surface area contributed by atoms with Gasteiger partial charge in [-0.3, -0.25) is 9.48 Å². The van der Waals surface area contributed by atoms with Crippen LogP contribution in [0.1, 0.15) is 49.9 Å². The van der Waals surface area contributed by atoms with E-state index in [2.05, 4.69) is 32.7 Å². The zero-order valence-electron chi connectivity index (χ0n) is 19.3. The molecule has 7 nitrogen and oxygen atoms in total. The van der Waals surface area contributed by atoms with E-state index >= 15 is 0 Å². The van der Waals surface area contributed by atoms with Gasteiger partial charge in [0.25, 0.3) is 5.91 Å². The van der Waals surface area contributed by atoms with Crippen LogP contribution in [0, 0.1) is 27.7 Å². The quantitative estimate of drug-likeness (QED) is 0.381. The summed E-state index contributed by atoms with van der Waals surface area (Å²) in [7, 11) is 0. The predicted octanol–water partition coefficient (Wildman–Crippen LogP) is 4.77. The lowest BCUT2D eigenvalue weighted by Gasteiger charge is -2.10. The number of nitrogens with one attached hydrogen (secondary N) is 1. The Morgan fingerprint density at radius 1 is 1.03 bits per heavy atom. The highest BCUT2D eigenvalue weighted by atomic mass is 32.2. The Morgan fingerprint density at radius 3 is 2.55 bits per heavy atom. The average molecular weight is 462 g/mol. The van der Waals surface area contributed by atoms with Crippen molar-refractivity contribution in [2.45, 2.75) is 51.6 Å². The molecule has 4 aromatic rings. The predicted molar refractivity (Wildman–Crippen MR) is 128 cm³/mol. The number of rotatable bonds is 8. The molecule has 0 atom stereocenters. The molecule has 0 bridgehead atoms. The molecule has 1 N–H and O–H groups in total. The number of nitrogens with zero attached hydrogens (tertiary/aromatic N) is 4. The fourth-order valence-electron chi connectivity index (χ4n) is 3.69. The molecule has 0 radical (unpaired) electrons. The molecule has 0 aliphatic rings. The van der Waals surface area contributed by atoms with E-state index in [1.807, 2.05) is 50.6 Å². The molecule has 0 aliphatic heterocycles. The molecule has 3 heterocycles. The summed E-state index contributed by atoms with van der Waals surface area (Å²) in [5.74, 6) is 1.28. The van der Waals surface area contributed by atoms with Gasteiger partial charge in [0, 0.05) is 35.3 Å². The molecule has 0 fully saturated rings. The SMILES string of the molecule is Cc1noc(C)c1CSc1ncccc1C(=O)NCc1c(C)nn(Cc2ccccc2)c1C. The first kappa shape index (κ1) is 22.8. The summed E-state index contributed by atoms with van der Waals surface area (Å²) >= 11 is 1.51. The van der Waals surface area contributed by atoms with Gasteiger partial charge in [-0.25, -0.2) is 4.98 Å². The Kier molecular flexibility index (Phi) is 6.93. The summed E-state index contributed by atoms with van der Waals surface area (Å²) in [6, 6.07) is 13.8. The van der Waals surface area contributed by atoms with E-state index in [1.165, 1.54) is 17.3 Å². The number of benzene rings is 1. The number of hydrogen-bond acceptors (Lipinski definition) is 6. The minimum absolute atomic E-state index is 0.154. The normalized spacial score (nSPS) is 11.0. The van der Waals surface area contributed by atoms with Gasteiger partial charge >= 0.3 is 0 Å². The number of carbonyl (C=O) groups excluding carboxylic acids is 1. The van der Waals surface area contributed by atoms with Crippen molar-refractivity contribution in [3.63, 3.8) is 0 Å². The molecule has 4 rings (SSSR count). The lowest BCUT2D eigenvalue weighted by molar-refractivity contribution is 0.0947. The van der Waals surface area contributed by atoms with Gasteiger partial charge in [-0.15, -0.1) is 11.8 Å². The van der Waals surface area contributed by atoms with Crippen LogP contribution in [0.4, 0.5) is 0 Å². The molecule has 8 heteroatoms. The molecule has 33 heavy (non-hydrogen) atoms. The van der Waals surface area contributed by atoms with Gasteiger partial charge < -0.3 is 9.84 Å². The maximum atomic E-state index is 13.0. The van der Waals surface area contributed by atoms with Crippen LogP contribution in [-0.2, 0) is 18.8 Å². The maximum absolute atomic E-state index is 13.0. The van der Waals surface area contributed by atoms with Crippen molar-refractivity contribution in [3.8, 4) is 0 Å². The van der Waals surface area contributed by atoms with Gasteiger partial charge in [0.15, 0.2) is 0 Å². The highest BCUT2D eigenvalue weighted by molar-refractivity contribution is 7.98. The van der Waals surface area contributed by atoms with Gasteiger partial charge in [0.2, 0.25) is 0 Å². The number of thioether (sulfide) groups is 1. The number of carbonyl (C=O) groups is 1. The van der Waals surface area contributed by atoms with E-state index in [-0.39, 0.29) is 5.91 Å². The first-order chi connectivity index (χ1) is 15.9. The number of aromatic nitrogens is 4. The summed E-state index contributed by atoms with van der Waals surface area (Å²) in [6.45, 7) is 8.94. The molecule has 0 saturated carbocycles. The van der Waals surface area contributed by atoms with Crippen LogP contribution in [-0.4, -0.2) is 25.8 Å². The minimum Gasteiger partial charge on any atom is -0.361 e. The third-order valence-electron chi connectivity index (χ3n) is 5.68. The Labute approximate surface area is 197 Å². The van der Waals surface area contributed by atoms with Crippen molar-refractivity contribution in [1.82, 2.24) is 25.2 Å². The van der Waals surface area contributed by atoms with Gasteiger partial charge in [-0.2, -0.15) is 5.10 Å². The first-order valence-corrected chi connectivity index (χ1v) is 11.8. The maximum Gasteiger partial charge on any atom is 0.254 e. The van der Waals surface area contributed by atoms with Crippen molar-refractivity contribution in [2.75, 3.05) is 0 Å². The lowest BCUT2D eigenvalue weighted by atomic mass is 10.2. The summed E-state index contributed by atoms with van der Waals surface area (Å²) in [6.07, 6.45) is 1.70. The molecule has 1 aromatic carbocycles. The van der Waals surface area contributed by atoms with Crippen LogP contribution in [0.2, 0.25) is 0 Å². The zero-order valence-corrected chi connectivity index (χ0v) is 20.1. The second-order valence-electron chi connectivity index (χ2n) is 7.92. The number of amides is 1. The van der Waals surface area contributed by atoms with Crippen molar-refractivity contribution >= 4 is 17.7 Å². The molecular weight excluding hydrogens is 434 g/mol. The largest absolute Gasteiger partial charge is 0.361 e. The van der Waals surface area contributed by atoms with Crippen molar-refractivity contribution in [2.24, 2.45) is 0 Å². The molecule has 3 aromatic heterocycles. The zero-order chi connectivity index (χ0) is 23.4. The van der Waals surface area contributed by atoms with Gasteiger partial charge in [-0.05, 0) is 45.4 Å². The Bertz CT molecular complexity index is 1240. The number of aryl methyl sites for hydroxylation is 3. The average Bonchev–Trinajstić information content (AvgIpc) is 3.28. The third-order valence-corrected chi connectivity index (χ3v) is 6.71. The highest BCUT2D eigenvalue weighted by Crippen LogP contribution is 2.27. The number of pyridine rings is 1. The summed E-state index contributed by atoms with van der Waals surface area (Å²) in [4.78, 5) is 17.5.